The maximum absolute atomic E-state index is 12.7. The van der Waals surface area contributed by atoms with Crippen LogP contribution in [0, 0.1) is 6.92 Å². The predicted molar refractivity (Wildman–Crippen MR) is 96.8 cm³/mol. The Bertz CT molecular complexity index is 838. The Morgan fingerprint density at radius 3 is 2.56 bits per heavy atom. The van der Waals surface area contributed by atoms with E-state index in [4.69, 9.17) is 14.3 Å². The van der Waals surface area contributed by atoms with E-state index in [9.17, 15) is 14.7 Å². The van der Waals surface area contributed by atoms with Crippen LogP contribution in [0.5, 0.6) is 0 Å². The zero-order chi connectivity index (χ0) is 19.4. The van der Waals surface area contributed by atoms with Crippen molar-refractivity contribution in [2.75, 3.05) is 26.4 Å². The van der Waals surface area contributed by atoms with Gasteiger partial charge >= 0.3 is 0 Å². The van der Waals surface area contributed by atoms with Gasteiger partial charge in [-0.15, -0.1) is 0 Å². The Labute approximate surface area is 156 Å². The van der Waals surface area contributed by atoms with Crippen molar-refractivity contribution >= 4 is 17.4 Å². The summed E-state index contributed by atoms with van der Waals surface area (Å²) in [5.41, 5.74) is 1.45. The highest BCUT2D eigenvalue weighted by atomic mass is 16.5. The van der Waals surface area contributed by atoms with Gasteiger partial charge in [-0.1, -0.05) is 29.8 Å². The van der Waals surface area contributed by atoms with Crippen LogP contribution < -0.4 is 0 Å². The molecule has 3 rings (SSSR count). The van der Waals surface area contributed by atoms with Crippen molar-refractivity contribution in [2.45, 2.75) is 13.0 Å². The minimum Gasteiger partial charge on any atom is -0.507 e. The molecular weight excluding hydrogens is 350 g/mol. The number of benzene rings is 1. The summed E-state index contributed by atoms with van der Waals surface area (Å²) in [7, 11) is 0. The fourth-order valence-electron chi connectivity index (χ4n) is 3.05. The Hall–Kier alpha value is -2.90. The van der Waals surface area contributed by atoms with Crippen LogP contribution in [0.1, 0.15) is 22.9 Å². The third-order valence-corrected chi connectivity index (χ3v) is 4.39. The molecule has 7 heteroatoms. The normalized spacial score (nSPS) is 19.0. The maximum atomic E-state index is 12.7. The lowest BCUT2D eigenvalue weighted by Crippen LogP contribution is -2.33. The summed E-state index contributed by atoms with van der Waals surface area (Å²) in [5, 5.41) is 19.6. The lowest BCUT2D eigenvalue weighted by Gasteiger charge is -2.23. The number of aliphatic hydroxyl groups excluding tert-OH is 2. The number of aryl methyl sites for hydroxylation is 1. The van der Waals surface area contributed by atoms with E-state index in [1.807, 2.05) is 19.1 Å². The molecule has 1 fully saturated rings. The predicted octanol–water partition coefficient (Wildman–Crippen LogP) is 2.02. The zero-order valence-electron chi connectivity index (χ0n) is 14.9. The number of hydrogen-bond acceptors (Lipinski definition) is 6. The first kappa shape index (κ1) is 18.9. The molecule has 1 saturated heterocycles. The summed E-state index contributed by atoms with van der Waals surface area (Å²) in [6.07, 6.45) is 1.45. The van der Waals surface area contributed by atoms with Gasteiger partial charge in [-0.25, -0.2) is 0 Å². The highest BCUT2D eigenvalue weighted by Crippen LogP contribution is 2.39. The van der Waals surface area contributed by atoms with Gasteiger partial charge in [0.15, 0.2) is 0 Å². The van der Waals surface area contributed by atoms with E-state index in [0.29, 0.717) is 11.3 Å². The number of rotatable bonds is 7. The van der Waals surface area contributed by atoms with Gasteiger partial charge in [-0.3, -0.25) is 9.59 Å². The Morgan fingerprint density at radius 1 is 1.19 bits per heavy atom. The smallest absolute Gasteiger partial charge is 0.295 e. The number of hydrogen-bond donors (Lipinski definition) is 2. The van der Waals surface area contributed by atoms with E-state index in [-0.39, 0.29) is 37.7 Å². The average Bonchev–Trinajstić information content (AvgIpc) is 3.27. The van der Waals surface area contributed by atoms with Gasteiger partial charge in [-0.05, 0) is 19.1 Å². The largest absolute Gasteiger partial charge is 0.507 e. The number of carbonyl (C=O) groups excluding carboxylic acids is 2. The molecule has 1 aliphatic heterocycles. The van der Waals surface area contributed by atoms with Crippen LogP contribution in [0.15, 0.2) is 52.7 Å². The number of ketones is 1. The molecule has 0 radical (unpaired) electrons. The van der Waals surface area contributed by atoms with E-state index < -0.39 is 17.7 Å². The summed E-state index contributed by atoms with van der Waals surface area (Å²) in [6, 6.07) is 9.50. The second kappa shape index (κ2) is 8.20. The molecular formula is C20H21NO6. The molecule has 0 bridgehead atoms. The molecule has 2 heterocycles. The molecule has 1 unspecified atom stereocenters. The van der Waals surface area contributed by atoms with Crippen molar-refractivity contribution in [2.24, 2.45) is 0 Å². The first-order valence-corrected chi connectivity index (χ1v) is 8.62. The van der Waals surface area contributed by atoms with Gasteiger partial charge in [0, 0.05) is 12.1 Å². The number of nitrogens with zero attached hydrogens (tertiary/aromatic N) is 1. The molecule has 7 nitrogen and oxygen atoms in total. The Morgan fingerprint density at radius 2 is 1.93 bits per heavy atom. The Balaban J connectivity index is 2.00. The summed E-state index contributed by atoms with van der Waals surface area (Å²) in [6.45, 7) is 2.19. The van der Waals surface area contributed by atoms with Gasteiger partial charge in [0.2, 0.25) is 0 Å². The quantitative estimate of drug-likeness (QED) is 0.334. The van der Waals surface area contributed by atoms with Gasteiger partial charge in [0.05, 0.1) is 31.7 Å². The third kappa shape index (κ3) is 3.79. The van der Waals surface area contributed by atoms with E-state index >= 15 is 0 Å². The Kier molecular flexibility index (Phi) is 5.73. The molecule has 1 aliphatic rings. The van der Waals surface area contributed by atoms with Gasteiger partial charge in [-0.2, -0.15) is 0 Å². The van der Waals surface area contributed by atoms with Gasteiger partial charge in [0.1, 0.15) is 17.6 Å². The third-order valence-electron chi connectivity index (χ3n) is 4.39. The second-order valence-corrected chi connectivity index (χ2v) is 6.21. The minimum absolute atomic E-state index is 0.0130. The summed E-state index contributed by atoms with van der Waals surface area (Å²) >= 11 is 0. The van der Waals surface area contributed by atoms with Gasteiger partial charge in [0.25, 0.3) is 11.7 Å². The van der Waals surface area contributed by atoms with Crippen LogP contribution in [-0.2, 0) is 14.3 Å². The average molecular weight is 371 g/mol. The number of amides is 1. The van der Waals surface area contributed by atoms with Gasteiger partial charge < -0.3 is 24.3 Å². The van der Waals surface area contributed by atoms with Crippen LogP contribution in [0.25, 0.3) is 5.76 Å². The lowest BCUT2D eigenvalue weighted by molar-refractivity contribution is -0.140. The monoisotopic (exact) mass is 371 g/mol. The van der Waals surface area contributed by atoms with E-state index in [1.54, 1.807) is 24.3 Å². The van der Waals surface area contributed by atoms with Crippen LogP contribution in [0.2, 0.25) is 0 Å². The van der Waals surface area contributed by atoms with Crippen molar-refractivity contribution < 1.29 is 29.0 Å². The van der Waals surface area contributed by atoms with Crippen LogP contribution in [-0.4, -0.2) is 53.2 Å². The second-order valence-electron chi connectivity index (χ2n) is 6.21. The molecule has 27 heavy (non-hydrogen) atoms. The summed E-state index contributed by atoms with van der Waals surface area (Å²) in [5.74, 6) is -1.35. The topological polar surface area (TPSA) is 100 Å². The van der Waals surface area contributed by atoms with Crippen LogP contribution in [0.4, 0.5) is 0 Å². The molecule has 142 valence electrons. The van der Waals surface area contributed by atoms with E-state index in [1.165, 1.54) is 11.2 Å². The first-order valence-electron chi connectivity index (χ1n) is 8.62. The van der Waals surface area contributed by atoms with Crippen LogP contribution in [0.3, 0.4) is 0 Å². The van der Waals surface area contributed by atoms with E-state index in [2.05, 4.69) is 0 Å². The number of furan rings is 1. The molecule has 0 aliphatic carbocycles. The maximum Gasteiger partial charge on any atom is 0.295 e. The summed E-state index contributed by atoms with van der Waals surface area (Å²) in [4.78, 5) is 26.5. The van der Waals surface area contributed by atoms with Crippen LogP contribution >= 0.6 is 0 Å². The van der Waals surface area contributed by atoms with Crippen molar-refractivity contribution in [1.82, 2.24) is 4.90 Å². The number of aliphatic hydroxyl groups is 2. The van der Waals surface area contributed by atoms with Crippen molar-refractivity contribution in [3.63, 3.8) is 0 Å². The molecule has 1 atom stereocenters. The summed E-state index contributed by atoms with van der Waals surface area (Å²) < 4.78 is 10.7. The number of Topliss-reactive ketones (excluding diaryl/α,β-unsaturated/α-hetero) is 1. The fraction of sp³-hybridized carbons (Fsp3) is 0.300. The number of carbonyl (C=O) groups is 2. The van der Waals surface area contributed by atoms with Crippen molar-refractivity contribution in [3.05, 3.63) is 65.1 Å². The molecule has 1 aromatic heterocycles. The molecule has 0 saturated carbocycles. The number of likely N-dealkylation sites (tertiary alicyclic amines) is 1. The molecule has 1 amide bonds. The molecule has 1 aromatic carbocycles. The zero-order valence-corrected chi connectivity index (χ0v) is 14.9. The van der Waals surface area contributed by atoms with E-state index in [0.717, 1.165) is 5.56 Å². The molecule has 2 aromatic rings. The van der Waals surface area contributed by atoms with Crippen molar-refractivity contribution in [3.8, 4) is 0 Å². The van der Waals surface area contributed by atoms with Crippen molar-refractivity contribution in [1.29, 1.82) is 0 Å². The highest BCUT2D eigenvalue weighted by molar-refractivity contribution is 6.46. The minimum atomic E-state index is -0.834. The fourth-order valence-corrected chi connectivity index (χ4v) is 3.05. The lowest BCUT2D eigenvalue weighted by atomic mass is 9.99. The standard InChI is InChI=1S/C20H21NO6/c1-13-4-6-14(7-5-13)18(23)16-17(15-3-2-10-27-15)21(20(25)19(16)24)8-11-26-12-9-22/h2-7,10,17,22-23H,8-9,11-12H2,1H3. The highest BCUT2D eigenvalue weighted by Gasteiger charge is 2.47. The molecule has 0 spiro atoms. The first-order chi connectivity index (χ1) is 13.0. The molecule has 2 N–H and O–H groups in total. The number of ether oxygens (including phenoxy) is 1. The SMILES string of the molecule is Cc1ccc(C(O)=C2C(=O)C(=O)N(CCOCCO)C2c2ccco2)cc1.